The van der Waals surface area contributed by atoms with Crippen LogP contribution in [-0.2, 0) is 6.54 Å². The smallest absolute Gasteiger partial charge is 0.0576 e. The minimum Gasteiger partial charge on any atom is -0.397 e. The van der Waals surface area contributed by atoms with Crippen LogP contribution in [-0.4, -0.2) is 49.1 Å². The Balaban J connectivity index is 1.57. The molecule has 0 spiro atoms. The normalized spacial score (nSPS) is 23.5. The van der Waals surface area contributed by atoms with E-state index in [1.807, 2.05) is 0 Å². The summed E-state index contributed by atoms with van der Waals surface area (Å²) in [4.78, 5) is 4.87. The summed E-state index contributed by atoms with van der Waals surface area (Å²) in [5.41, 5.74) is 9.60. The maximum atomic E-state index is 6.26. The minimum atomic E-state index is 0.618. The maximum Gasteiger partial charge on any atom is 0.0576 e. The molecular formula is C18H30N4. The number of benzene rings is 1. The Kier molecular flexibility index (Phi) is 4.89. The molecule has 1 aliphatic heterocycles. The van der Waals surface area contributed by atoms with E-state index in [2.05, 4.69) is 47.4 Å². The highest BCUT2D eigenvalue weighted by Crippen LogP contribution is 2.27. The molecule has 1 aromatic rings. The number of anilines is 2. The Labute approximate surface area is 134 Å². The molecule has 1 aromatic carbocycles. The Morgan fingerprint density at radius 3 is 2.64 bits per heavy atom. The van der Waals surface area contributed by atoms with Crippen molar-refractivity contribution in [1.29, 1.82) is 0 Å². The zero-order valence-electron chi connectivity index (χ0n) is 14.0. The monoisotopic (exact) mass is 302 g/mol. The fraction of sp³-hybridized carbons (Fsp3) is 0.667. The van der Waals surface area contributed by atoms with E-state index in [0.29, 0.717) is 12.1 Å². The summed E-state index contributed by atoms with van der Waals surface area (Å²) in [7, 11) is 4.35. The van der Waals surface area contributed by atoms with E-state index in [4.69, 9.17) is 5.73 Å². The Hall–Kier alpha value is -1.26. The van der Waals surface area contributed by atoms with Crippen LogP contribution in [0.4, 0.5) is 11.4 Å². The lowest BCUT2D eigenvalue weighted by Crippen LogP contribution is -2.31. The molecule has 0 bridgehead atoms. The largest absolute Gasteiger partial charge is 0.397 e. The van der Waals surface area contributed by atoms with Crippen LogP contribution in [0.25, 0.3) is 0 Å². The summed E-state index contributed by atoms with van der Waals surface area (Å²) < 4.78 is 0. The van der Waals surface area contributed by atoms with Crippen LogP contribution in [0.2, 0.25) is 0 Å². The molecule has 1 heterocycles. The van der Waals surface area contributed by atoms with Crippen LogP contribution in [0.15, 0.2) is 18.2 Å². The molecule has 22 heavy (non-hydrogen) atoms. The fourth-order valence-corrected chi connectivity index (χ4v) is 3.77. The predicted octanol–water partition coefficient (Wildman–Crippen LogP) is 2.76. The molecule has 1 saturated heterocycles. The highest BCUT2D eigenvalue weighted by Gasteiger charge is 2.24. The lowest BCUT2D eigenvalue weighted by molar-refractivity contribution is 0.265. The van der Waals surface area contributed by atoms with Gasteiger partial charge in [-0.05, 0) is 51.1 Å². The van der Waals surface area contributed by atoms with Crippen molar-refractivity contribution < 1.29 is 0 Å². The molecule has 1 aliphatic carbocycles. The molecule has 0 radical (unpaired) electrons. The van der Waals surface area contributed by atoms with Crippen molar-refractivity contribution in [3.8, 4) is 0 Å². The van der Waals surface area contributed by atoms with Gasteiger partial charge in [-0.15, -0.1) is 0 Å². The second kappa shape index (κ2) is 6.88. The van der Waals surface area contributed by atoms with Gasteiger partial charge in [0, 0.05) is 31.7 Å². The molecule has 1 saturated carbocycles. The fourth-order valence-electron chi connectivity index (χ4n) is 3.77. The SMILES string of the molecule is CN(C)C1CCN(Cc2ccc(NC3CCCC3)c(N)c2)C1. The first-order chi connectivity index (χ1) is 10.6. The maximum absolute atomic E-state index is 6.26. The van der Waals surface area contributed by atoms with E-state index >= 15 is 0 Å². The van der Waals surface area contributed by atoms with Gasteiger partial charge in [-0.3, -0.25) is 4.90 Å². The van der Waals surface area contributed by atoms with Gasteiger partial charge < -0.3 is 16.0 Å². The number of likely N-dealkylation sites (tertiary alicyclic amines) is 1. The van der Waals surface area contributed by atoms with Gasteiger partial charge >= 0.3 is 0 Å². The summed E-state index contributed by atoms with van der Waals surface area (Å²) in [6, 6.07) is 7.87. The summed E-state index contributed by atoms with van der Waals surface area (Å²) in [5.74, 6) is 0. The second-order valence-corrected chi connectivity index (χ2v) is 7.19. The number of nitrogens with two attached hydrogens (primary N) is 1. The van der Waals surface area contributed by atoms with Crippen LogP contribution < -0.4 is 11.1 Å². The van der Waals surface area contributed by atoms with Gasteiger partial charge in [-0.1, -0.05) is 18.9 Å². The van der Waals surface area contributed by atoms with E-state index < -0.39 is 0 Å². The van der Waals surface area contributed by atoms with E-state index in [1.54, 1.807) is 0 Å². The highest BCUT2D eigenvalue weighted by atomic mass is 15.2. The summed E-state index contributed by atoms with van der Waals surface area (Å²) in [6.07, 6.45) is 6.51. The average Bonchev–Trinajstić information content (AvgIpc) is 3.13. The van der Waals surface area contributed by atoms with Crippen LogP contribution in [0.1, 0.15) is 37.7 Å². The molecule has 3 N–H and O–H groups in total. The Morgan fingerprint density at radius 2 is 2.00 bits per heavy atom. The van der Waals surface area contributed by atoms with E-state index in [0.717, 1.165) is 24.5 Å². The van der Waals surface area contributed by atoms with Gasteiger partial charge in [0.1, 0.15) is 0 Å². The first kappa shape index (κ1) is 15.6. The zero-order chi connectivity index (χ0) is 15.5. The molecule has 0 aromatic heterocycles. The number of rotatable bonds is 5. The van der Waals surface area contributed by atoms with Crippen molar-refractivity contribution >= 4 is 11.4 Å². The standard InChI is InChI=1S/C18H30N4/c1-21(2)16-9-10-22(13-16)12-14-7-8-18(17(19)11-14)20-15-5-3-4-6-15/h7-8,11,15-16,20H,3-6,9-10,12-13,19H2,1-2H3. The average molecular weight is 302 g/mol. The van der Waals surface area contributed by atoms with Gasteiger partial charge in [0.15, 0.2) is 0 Å². The van der Waals surface area contributed by atoms with E-state index in [9.17, 15) is 0 Å². The number of hydrogen-bond donors (Lipinski definition) is 2. The molecule has 122 valence electrons. The van der Waals surface area contributed by atoms with Gasteiger partial charge in [0.05, 0.1) is 11.4 Å². The van der Waals surface area contributed by atoms with Crippen molar-refractivity contribution in [3.05, 3.63) is 23.8 Å². The summed E-state index contributed by atoms with van der Waals surface area (Å²) in [5, 5.41) is 3.61. The van der Waals surface area contributed by atoms with E-state index in [1.165, 1.54) is 44.2 Å². The van der Waals surface area contributed by atoms with Crippen molar-refractivity contribution in [2.45, 2.75) is 50.7 Å². The van der Waals surface area contributed by atoms with Crippen LogP contribution in [0.3, 0.4) is 0 Å². The van der Waals surface area contributed by atoms with Crippen LogP contribution in [0, 0.1) is 0 Å². The summed E-state index contributed by atoms with van der Waals surface area (Å²) in [6.45, 7) is 3.36. The molecule has 1 atom stereocenters. The number of nitrogens with one attached hydrogen (secondary N) is 1. The first-order valence-electron chi connectivity index (χ1n) is 8.65. The third-order valence-corrected chi connectivity index (χ3v) is 5.21. The Morgan fingerprint density at radius 1 is 1.23 bits per heavy atom. The lowest BCUT2D eigenvalue weighted by Gasteiger charge is -2.21. The van der Waals surface area contributed by atoms with Gasteiger partial charge in [-0.25, -0.2) is 0 Å². The van der Waals surface area contributed by atoms with E-state index in [-0.39, 0.29) is 0 Å². The van der Waals surface area contributed by atoms with Crippen molar-refractivity contribution in [2.75, 3.05) is 38.2 Å². The van der Waals surface area contributed by atoms with Gasteiger partial charge in [-0.2, -0.15) is 0 Å². The van der Waals surface area contributed by atoms with Crippen LogP contribution >= 0.6 is 0 Å². The highest BCUT2D eigenvalue weighted by molar-refractivity contribution is 5.67. The first-order valence-corrected chi connectivity index (χ1v) is 8.65. The number of nitrogen functional groups attached to an aromatic ring is 1. The van der Waals surface area contributed by atoms with Crippen LogP contribution in [0.5, 0.6) is 0 Å². The molecule has 2 fully saturated rings. The summed E-state index contributed by atoms with van der Waals surface area (Å²) >= 11 is 0. The molecule has 4 nitrogen and oxygen atoms in total. The Bertz CT molecular complexity index is 494. The molecular weight excluding hydrogens is 272 g/mol. The predicted molar refractivity (Wildman–Crippen MR) is 94.1 cm³/mol. The third kappa shape index (κ3) is 3.73. The van der Waals surface area contributed by atoms with Crippen molar-refractivity contribution in [2.24, 2.45) is 0 Å². The topological polar surface area (TPSA) is 44.5 Å². The second-order valence-electron chi connectivity index (χ2n) is 7.19. The number of likely N-dealkylation sites (N-methyl/N-ethyl adjacent to an activating group) is 1. The number of hydrogen-bond acceptors (Lipinski definition) is 4. The van der Waals surface area contributed by atoms with Crippen molar-refractivity contribution in [3.63, 3.8) is 0 Å². The minimum absolute atomic E-state index is 0.618. The molecule has 0 amide bonds. The molecule has 3 rings (SSSR count). The van der Waals surface area contributed by atoms with Gasteiger partial charge in [0.2, 0.25) is 0 Å². The van der Waals surface area contributed by atoms with Crippen molar-refractivity contribution in [1.82, 2.24) is 9.80 Å². The zero-order valence-corrected chi connectivity index (χ0v) is 14.0. The lowest BCUT2D eigenvalue weighted by atomic mass is 10.1. The number of nitrogens with zero attached hydrogens (tertiary/aromatic N) is 2. The molecule has 1 unspecified atom stereocenters. The molecule has 2 aliphatic rings. The van der Waals surface area contributed by atoms with Gasteiger partial charge in [0.25, 0.3) is 0 Å². The molecule has 4 heteroatoms. The third-order valence-electron chi connectivity index (χ3n) is 5.21. The quantitative estimate of drug-likeness (QED) is 0.821.